The Morgan fingerprint density at radius 1 is 1.07 bits per heavy atom. The molecule has 0 heterocycles. The molecule has 0 aliphatic carbocycles. The van der Waals surface area contributed by atoms with E-state index in [4.69, 9.17) is 5.11 Å². The Kier molecular flexibility index (Phi) is 11.0. The first-order valence-electron chi connectivity index (χ1n) is 6.41. The quantitative estimate of drug-likeness (QED) is 0.496. The standard InChI is InChI=1S/C12H23O2.Sn.3H/c1-2-3-4-5-6-7-8-9-10-11-12(13)14;;;;/h11H,2-10H2,1H3,(H,13,14);;;;. The van der Waals surface area contributed by atoms with Gasteiger partial charge in [0.25, 0.3) is 0 Å². The second-order valence-electron chi connectivity index (χ2n) is 4.50. The summed E-state index contributed by atoms with van der Waals surface area (Å²) in [5, 5.41) is 8.73. The zero-order valence-corrected chi connectivity index (χ0v) is 16.0. The fourth-order valence-electron chi connectivity index (χ4n) is 1.71. The average Bonchev–Trinajstić information content (AvgIpc) is 2.21. The van der Waals surface area contributed by atoms with E-state index in [0.29, 0.717) is 0 Å². The molecule has 0 aromatic rings. The maximum atomic E-state index is 10.6. The van der Waals surface area contributed by atoms with Crippen LogP contribution in [-0.2, 0) is 4.79 Å². The summed E-state index contributed by atoms with van der Waals surface area (Å²) in [6.45, 7) is 2.24. The molecule has 0 saturated heterocycles. The van der Waals surface area contributed by atoms with Gasteiger partial charge >= 0.3 is 107 Å². The second kappa shape index (κ2) is 10.8. The van der Waals surface area contributed by atoms with E-state index in [9.17, 15) is 4.79 Å². The zero-order chi connectivity index (χ0) is 11.5. The molecule has 0 radical (unpaired) electrons. The van der Waals surface area contributed by atoms with Crippen molar-refractivity contribution in [2.45, 2.75) is 68.6 Å². The van der Waals surface area contributed by atoms with E-state index in [0.717, 1.165) is 12.8 Å². The maximum absolute atomic E-state index is 10.6. The van der Waals surface area contributed by atoms with E-state index in [1.54, 1.807) is 0 Å². The van der Waals surface area contributed by atoms with Crippen LogP contribution < -0.4 is 0 Å². The van der Waals surface area contributed by atoms with Crippen LogP contribution in [0.15, 0.2) is 0 Å². The Morgan fingerprint density at radius 3 is 2.00 bits per heavy atom. The fraction of sp³-hybridized carbons (Fsp3) is 0.917. The number of hydrogen-bond acceptors (Lipinski definition) is 1. The normalized spacial score (nSPS) is 12.9. The molecule has 2 nitrogen and oxygen atoms in total. The van der Waals surface area contributed by atoms with E-state index >= 15 is 0 Å². The van der Waals surface area contributed by atoms with Gasteiger partial charge in [0.2, 0.25) is 0 Å². The minimum atomic E-state index is -0.561. The molecule has 0 spiro atoms. The van der Waals surface area contributed by atoms with Gasteiger partial charge in [-0.25, -0.2) is 0 Å². The molecule has 15 heavy (non-hydrogen) atoms. The number of unbranched alkanes of at least 4 members (excludes halogenated alkanes) is 7. The van der Waals surface area contributed by atoms with Gasteiger partial charge < -0.3 is 0 Å². The van der Waals surface area contributed by atoms with Crippen molar-refractivity contribution >= 4 is 28.5 Å². The van der Waals surface area contributed by atoms with E-state index in [1.165, 1.54) is 44.9 Å². The second-order valence-corrected chi connectivity index (χ2v) is 8.48. The van der Waals surface area contributed by atoms with Gasteiger partial charge in [0, 0.05) is 0 Å². The molecule has 3 heteroatoms. The predicted molar refractivity (Wildman–Crippen MR) is 68.6 cm³/mol. The van der Waals surface area contributed by atoms with Gasteiger partial charge in [0.15, 0.2) is 0 Å². The van der Waals surface area contributed by atoms with Crippen LogP contribution in [0.1, 0.15) is 64.7 Å². The third kappa shape index (κ3) is 10.5. The number of aliphatic carboxylic acids is 1. The van der Waals surface area contributed by atoms with Crippen LogP contribution in [0, 0.1) is 0 Å². The molecule has 1 unspecified atom stereocenters. The number of carboxylic acids is 1. The van der Waals surface area contributed by atoms with E-state index in [2.05, 4.69) is 6.92 Å². The number of rotatable bonds is 10. The summed E-state index contributed by atoms with van der Waals surface area (Å²) in [7, 11) is 0. The van der Waals surface area contributed by atoms with E-state index < -0.39 is 5.97 Å². The third-order valence-electron chi connectivity index (χ3n) is 2.91. The van der Waals surface area contributed by atoms with Gasteiger partial charge in [-0.3, -0.25) is 0 Å². The third-order valence-corrected chi connectivity index (χ3v) is 5.97. The van der Waals surface area contributed by atoms with Crippen molar-refractivity contribution in [3.8, 4) is 0 Å². The van der Waals surface area contributed by atoms with Gasteiger partial charge in [0.05, 0.1) is 0 Å². The summed E-state index contributed by atoms with van der Waals surface area (Å²) in [6.07, 6.45) is 11.3. The first-order chi connectivity index (χ1) is 7.18. The number of carboxylic acid groups (broad SMARTS) is 1. The van der Waals surface area contributed by atoms with Crippen LogP contribution in [0.2, 0.25) is 3.93 Å². The van der Waals surface area contributed by atoms with Crippen molar-refractivity contribution < 1.29 is 9.90 Å². The van der Waals surface area contributed by atoms with Gasteiger partial charge in [-0.2, -0.15) is 0 Å². The van der Waals surface area contributed by atoms with Crippen molar-refractivity contribution in [2.75, 3.05) is 0 Å². The molecule has 1 atom stereocenters. The van der Waals surface area contributed by atoms with Crippen LogP contribution in [-0.4, -0.2) is 33.6 Å². The van der Waals surface area contributed by atoms with Crippen molar-refractivity contribution in [1.82, 2.24) is 0 Å². The molecule has 1 N–H and O–H groups in total. The van der Waals surface area contributed by atoms with Crippen LogP contribution in [0.4, 0.5) is 0 Å². The van der Waals surface area contributed by atoms with Crippen molar-refractivity contribution in [3.63, 3.8) is 0 Å². The van der Waals surface area contributed by atoms with Crippen molar-refractivity contribution in [1.29, 1.82) is 0 Å². The Labute approximate surface area is 107 Å². The summed E-state index contributed by atoms with van der Waals surface area (Å²) in [6, 6.07) is 0. The molecule has 0 aromatic carbocycles. The molecule has 0 aromatic heterocycles. The van der Waals surface area contributed by atoms with Crippen LogP contribution in [0.5, 0.6) is 0 Å². The topological polar surface area (TPSA) is 37.3 Å². The zero-order valence-electron chi connectivity index (χ0n) is 10.3. The number of carbonyl (C=O) groups is 1. The minimum absolute atomic E-state index is 0.0480. The van der Waals surface area contributed by atoms with Crippen LogP contribution >= 0.6 is 0 Å². The van der Waals surface area contributed by atoms with Crippen molar-refractivity contribution in [2.24, 2.45) is 0 Å². The molecule has 0 rings (SSSR count). The van der Waals surface area contributed by atoms with Gasteiger partial charge in [0.1, 0.15) is 0 Å². The average molecular weight is 321 g/mol. The van der Waals surface area contributed by atoms with Crippen molar-refractivity contribution in [3.05, 3.63) is 0 Å². The summed E-state index contributed by atoms with van der Waals surface area (Å²) in [5.41, 5.74) is 0. The molecule has 0 saturated carbocycles. The van der Waals surface area contributed by atoms with Gasteiger partial charge in [-0.15, -0.1) is 0 Å². The van der Waals surface area contributed by atoms with E-state index in [-0.39, 0.29) is 26.5 Å². The molecule has 0 amide bonds. The fourth-order valence-corrected chi connectivity index (χ4v) is 2.87. The molecule has 0 bridgehead atoms. The summed E-state index contributed by atoms with van der Waals surface area (Å²) in [5.74, 6) is -0.561. The Hall–Kier alpha value is 0.269. The molecular weight excluding hydrogens is 295 g/mol. The Bertz CT molecular complexity index is 160. The predicted octanol–water partition coefficient (Wildman–Crippen LogP) is 2.76. The summed E-state index contributed by atoms with van der Waals surface area (Å²) >= 11 is 0.282. The Balaban J connectivity index is 3.08. The van der Waals surface area contributed by atoms with Crippen LogP contribution in [0.3, 0.4) is 0 Å². The molecule has 0 aliphatic rings. The molecule has 90 valence electrons. The van der Waals surface area contributed by atoms with E-state index in [1.807, 2.05) is 0 Å². The first kappa shape index (κ1) is 15.3. The van der Waals surface area contributed by atoms with Gasteiger partial charge in [-0.1, -0.05) is 0 Å². The summed E-state index contributed by atoms with van der Waals surface area (Å²) < 4.78 is 0.0480. The SMILES string of the molecule is CCCCCCCCCC[CH]([SnH3])C(=O)O. The van der Waals surface area contributed by atoms with Gasteiger partial charge in [-0.05, 0) is 0 Å². The number of hydrogen-bond donors (Lipinski definition) is 1. The molecular formula is C12H26O2Sn. The molecule has 0 fully saturated rings. The van der Waals surface area contributed by atoms with Crippen LogP contribution in [0.25, 0.3) is 0 Å². The first-order valence-corrected chi connectivity index (χ1v) is 9.70. The Morgan fingerprint density at radius 2 is 1.53 bits per heavy atom. The summed E-state index contributed by atoms with van der Waals surface area (Å²) in [4.78, 5) is 10.6. The molecule has 0 aliphatic heterocycles. The monoisotopic (exact) mass is 322 g/mol.